The quantitative estimate of drug-likeness (QED) is 0.633. The molecule has 0 bridgehead atoms. The standard InChI is InChI=1S/C17H29N5O2/c1-10(2)20-15-13(14(18)23)9-19-16(22-15)21-12-7-5-11(6-8-12)17(3,4)24/h9-12,24H,5-8H2,1-4H3,(H2,18,23)(H2,19,20,21,22). The van der Waals surface area contributed by atoms with Crippen molar-refractivity contribution in [1.29, 1.82) is 0 Å². The zero-order valence-corrected chi connectivity index (χ0v) is 15.0. The second kappa shape index (κ2) is 7.34. The van der Waals surface area contributed by atoms with Gasteiger partial charge < -0.3 is 21.5 Å². The third-order valence-electron chi connectivity index (χ3n) is 4.54. The molecule has 1 fully saturated rings. The minimum absolute atomic E-state index is 0.132. The molecule has 7 nitrogen and oxygen atoms in total. The van der Waals surface area contributed by atoms with Gasteiger partial charge in [-0.3, -0.25) is 4.79 Å². The van der Waals surface area contributed by atoms with E-state index in [9.17, 15) is 9.90 Å². The Kier molecular flexibility index (Phi) is 5.64. The van der Waals surface area contributed by atoms with Crippen molar-refractivity contribution in [2.24, 2.45) is 11.7 Å². The second-order valence-electron chi connectivity index (χ2n) is 7.47. The normalized spacial score (nSPS) is 21.6. The van der Waals surface area contributed by atoms with Crippen LogP contribution in [0.2, 0.25) is 0 Å². The lowest BCUT2D eigenvalue weighted by Crippen LogP contribution is -2.37. The average molecular weight is 335 g/mol. The number of nitrogens with two attached hydrogens (primary N) is 1. The maximum absolute atomic E-state index is 11.5. The van der Waals surface area contributed by atoms with Gasteiger partial charge in [0, 0.05) is 18.3 Å². The number of nitrogens with zero attached hydrogens (tertiary/aromatic N) is 2. The van der Waals surface area contributed by atoms with Gasteiger partial charge in [0.25, 0.3) is 5.91 Å². The zero-order chi connectivity index (χ0) is 17.9. The number of aromatic nitrogens is 2. The topological polar surface area (TPSA) is 113 Å². The van der Waals surface area contributed by atoms with Crippen LogP contribution < -0.4 is 16.4 Å². The minimum atomic E-state index is -0.626. The predicted molar refractivity (Wildman–Crippen MR) is 95.0 cm³/mol. The summed E-state index contributed by atoms with van der Waals surface area (Å²) in [4.78, 5) is 20.1. The smallest absolute Gasteiger partial charge is 0.254 e. The molecule has 0 atom stereocenters. The summed E-state index contributed by atoms with van der Waals surface area (Å²) in [7, 11) is 0. The van der Waals surface area contributed by atoms with Crippen molar-refractivity contribution in [1.82, 2.24) is 9.97 Å². The van der Waals surface area contributed by atoms with E-state index >= 15 is 0 Å². The van der Waals surface area contributed by atoms with Crippen LogP contribution in [0.5, 0.6) is 0 Å². The fraction of sp³-hybridized carbons (Fsp3) is 0.706. The Labute approximate surface area is 143 Å². The summed E-state index contributed by atoms with van der Waals surface area (Å²) < 4.78 is 0. The van der Waals surface area contributed by atoms with Crippen molar-refractivity contribution in [2.45, 2.75) is 71.1 Å². The van der Waals surface area contributed by atoms with E-state index in [4.69, 9.17) is 5.73 Å². The number of aliphatic hydroxyl groups is 1. The van der Waals surface area contributed by atoms with Gasteiger partial charge >= 0.3 is 0 Å². The Morgan fingerprint density at radius 1 is 1.33 bits per heavy atom. The van der Waals surface area contributed by atoms with E-state index in [-0.39, 0.29) is 12.1 Å². The number of anilines is 2. The molecule has 7 heteroatoms. The Bertz CT molecular complexity index is 575. The Hall–Kier alpha value is -1.89. The minimum Gasteiger partial charge on any atom is -0.390 e. The summed E-state index contributed by atoms with van der Waals surface area (Å²) in [5.41, 5.74) is 5.04. The summed E-state index contributed by atoms with van der Waals surface area (Å²) in [6.07, 6.45) is 5.32. The molecule has 134 valence electrons. The lowest BCUT2D eigenvalue weighted by Gasteiger charge is -2.36. The van der Waals surface area contributed by atoms with E-state index in [2.05, 4.69) is 20.6 Å². The van der Waals surface area contributed by atoms with Crippen LogP contribution in [0.1, 0.15) is 63.7 Å². The molecule has 1 heterocycles. The molecule has 0 radical (unpaired) electrons. The van der Waals surface area contributed by atoms with Crippen molar-refractivity contribution < 1.29 is 9.90 Å². The average Bonchev–Trinajstić information content (AvgIpc) is 2.46. The molecular weight excluding hydrogens is 306 g/mol. The van der Waals surface area contributed by atoms with Gasteiger partial charge in [0.1, 0.15) is 5.82 Å². The molecule has 0 saturated heterocycles. The number of rotatable bonds is 6. The first-order valence-electron chi connectivity index (χ1n) is 8.59. The maximum Gasteiger partial charge on any atom is 0.254 e. The molecule has 0 aromatic carbocycles. The molecule has 1 aliphatic rings. The number of carbonyl (C=O) groups is 1. The lowest BCUT2D eigenvalue weighted by atomic mass is 9.77. The van der Waals surface area contributed by atoms with Crippen molar-refractivity contribution >= 4 is 17.7 Å². The molecule has 24 heavy (non-hydrogen) atoms. The number of hydrogen-bond acceptors (Lipinski definition) is 6. The van der Waals surface area contributed by atoms with E-state index in [0.29, 0.717) is 23.2 Å². The van der Waals surface area contributed by atoms with E-state index < -0.39 is 11.5 Å². The first-order chi connectivity index (χ1) is 11.2. The Balaban J connectivity index is 2.04. The highest BCUT2D eigenvalue weighted by atomic mass is 16.3. The molecule has 5 N–H and O–H groups in total. The van der Waals surface area contributed by atoms with Gasteiger partial charge in [0.15, 0.2) is 0 Å². The van der Waals surface area contributed by atoms with E-state index in [0.717, 1.165) is 25.7 Å². The number of carbonyl (C=O) groups excluding carboxylic acids is 1. The molecule has 0 spiro atoms. The zero-order valence-electron chi connectivity index (χ0n) is 15.0. The molecule has 2 rings (SSSR count). The molecule has 1 saturated carbocycles. The highest BCUT2D eigenvalue weighted by molar-refractivity contribution is 5.97. The Morgan fingerprint density at radius 3 is 2.46 bits per heavy atom. The largest absolute Gasteiger partial charge is 0.390 e. The fourth-order valence-corrected chi connectivity index (χ4v) is 3.14. The van der Waals surface area contributed by atoms with Crippen LogP contribution >= 0.6 is 0 Å². The molecule has 0 unspecified atom stereocenters. The van der Waals surface area contributed by atoms with Crippen molar-refractivity contribution in [3.8, 4) is 0 Å². The monoisotopic (exact) mass is 335 g/mol. The molecule has 1 amide bonds. The second-order valence-corrected chi connectivity index (χ2v) is 7.47. The molecular formula is C17H29N5O2. The van der Waals surface area contributed by atoms with Gasteiger partial charge in [-0.25, -0.2) is 4.98 Å². The lowest BCUT2D eigenvalue weighted by molar-refractivity contribution is -0.000415. The summed E-state index contributed by atoms with van der Waals surface area (Å²) in [6.45, 7) is 7.69. The van der Waals surface area contributed by atoms with Crippen LogP contribution in [0.25, 0.3) is 0 Å². The number of primary amides is 1. The highest BCUT2D eigenvalue weighted by Crippen LogP contribution is 2.33. The third kappa shape index (κ3) is 4.80. The van der Waals surface area contributed by atoms with Gasteiger partial charge in [-0.1, -0.05) is 0 Å². The van der Waals surface area contributed by atoms with Gasteiger partial charge in [0.2, 0.25) is 5.95 Å². The fourth-order valence-electron chi connectivity index (χ4n) is 3.14. The first kappa shape index (κ1) is 18.4. The third-order valence-corrected chi connectivity index (χ3v) is 4.54. The molecule has 1 aromatic rings. The molecule has 1 aromatic heterocycles. The van der Waals surface area contributed by atoms with Crippen LogP contribution in [0.3, 0.4) is 0 Å². The highest BCUT2D eigenvalue weighted by Gasteiger charge is 2.31. The van der Waals surface area contributed by atoms with E-state index in [1.165, 1.54) is 6.20 Å². The van der Waals surface area contributed by atoms with Crippen LogP contribution in [0.15, 0.2) is 6.20 Å². The van der Waals surface area contributed by atoms with Crippen LogP contribution in [-0.4, -0.2) is 38.7 Å². The van der Waals surface area contributed by atoms with Crippen LogP contribution in [-0.2, 0) is 0 Å². The maximum atomic E-state index is 11.5. The summed E-state index contributed by atoms with van der Waals surface area (Å²) in [6, 6.07) is 0.406. The SMILES string of the molecule is CC(C)Nc1nc(NC2CCC(C(C)(C)O)CC2)ncc1C(N)=O. The van der Waals surface area contributed by atoms with Crippen molar-refractivity contribution in [2.75, 3.05) is 10.6 Å². The number of amides is 1. The van der Waals surface area contributed by atoms with Crippen molar-refractivity contribution in [3.63, 3.8) is 0 Å². The van der Waals surface area contributed by atoms with Crippen LogP contribution in [0, 0.1) is 5.92 Å². The van der Waals surface area contributed by atoms with Crippen LogP contribution in [0.4, 0.5) is 11.8 Å². The van der Waals surface area contributed by atoms with Gasteiger partial charge in [-0.05, 0) is 59.3 Å². The predicted octanol–water partition coefficient (Wildman–Crippen LogP) is 2.14. The number of hydrogen-bond donors (Lipinski definition) is 4. The summed E-state index contributed by atoms with van der Waals surface area (Å²) in [5.74, 6) is 0.734. The molecule has 0 aliphatic heterocycles. The summed E-state index contributed by atoms with van der Waals surface area (Å²) >= 11 is 0. The van der Waals surface area contributed by atoms with Gasteiger partial charge in [0.05, 0.1) is 11.2 Å². The van der Waals surface area contributed by atoms with E-state index in [1.807, 2.05) is 27.7 Å². The first-order valence-corrected chi connectivity index (χ1v) is 8.59. The van der Waals surface area contributed by atoms with Crippen molar-refractivity contribution in [3.05, 3.63) is 11.8 Å². The van der Waals surface area contributed by atoms with E-state index in [1.54, 1.807) is 0 Å². The Morgan fingerprint density at radius 2 is 1.96 bits per heavy atom. The number of nitrogens with one attached hydrogen (secondary N) is 2. The van der Waals surface area contributed by atoms with Gasteiger partial charge in [-0.15, -0.1) is 0 Å². The summed E-state index contributed by atoms with van der Waals surface area (Å²) in [5, 5.41) is 16.6. The molecule has 1 aliphatic carbocycles. The van der Waals surface area contributed by atoms with Gasteiger partial charge in [-0.2, -0.15) is 4.98 Å².